The Kier molecular flexibility index (Phi) is 6.86. The van der Waals surface area contributed by atoms with Crippen LogP contribution in [-0.2, 0) is 0 Å². The van der Waals surface area contributed by atoms with E-state index in [1.54, 1.807) is 5.57 Å². The predicted octanol–water partition coefficient (Wildman–Crippen LogP) is 4.93. The molecule has 0 heterocycles. The molecule has 0 aliphatic heterocycles. The highest BCUT2D eigenvalue weighted by atomic mass is 14.9. The smallest absolute Gasteiger partial charge is 0.0311 e. The van der Waals surface area contributed by atoms with Crippen molar-refractivity contribution in [3.05, 3.63) is 47.6 Å². The molecule has 1 N–H and O–H groups in total. The first-order valence-corrected chi connectivity index (χ1v) is 7.46. The molecule has 1 heteroatoms. The molecule has 1 aliphatic rings. The summed E-state index contributed by atoms with van der Waals surface area (Å²) in [5, 5.41) is 3.61. The van der Waals surface area contributed by atoms with Gasteiger partial charge in [-0.15, -0.1) is 6.58 Å². The maximum atomic E-state index is 4.08. The van der Waals surface area contributed by atoms with Crippen molar-refractivity contribution >= 4 is 0 Å². The van der Waals surface area contributed by atoms with Crippen molar-refractivity contribution in [2.45, 2.75) is 58.9 Å². The van der Waals surface area contributed by atoms with Gasteiger partial charge in [-0.25, -0.2) is 0 Å². The molecule has 0 aromatic rings. The van der Waals surface area contributed by atoms with Crippen molar-refractivity contribution in [2.75, 3.05) is 6.54 Å². The van der Waals surface area contributed by atoms with E-state index in [9.17, 15) is 0 Å². The lowest BCUT2D eigenvalue weighted by atomic mass is 9.93. The van der Waals surface area contributed by atoms with Crippen molar-refractivity contribution in [1.29, 1.82) is 0 Å². The zero-order valence-electron chi connectivity index (χ0n) is 12.9. The van der Waals surface area contributed by atoms with Crippen LogP contribution < -0.4 is 5.32 Å². The molecule has 0 unspecified atom stereocenters. The molecule has 0 spiro atoms. The molecule has 1 aliphatic carbocycles. The summed E-state index contributed by atoms with van der Waals surface area (Å²) in [4.78, 5) is 0. The Morgan fingerprint density at radius 2 is 1.84 bits per heavy atom. The van der Waals surface area contributed by atoms with E-state index in [0.29, 0.717) is 6.04 Å². The van der Waals surface area contributed by atoms with Crippen LogP contribution in [0.2, 0.25) is 0 Å². The van der Waals surface area contributed by atoms with Gasteiger partial charge in [0, 0.05) is 6.04 Å². The number of hydrogen-bond donors (Lipinski definition) is 1. The Morgan fingerprint density at radius 1 is 1.21 bits per heavy atom. The molecule has 0 fully saturated rings. The lowest BCUT2D eigenvalue weighted by molar-refractivity contribution is 0.566. The highest BCUT2D eigenvalue weighted by Gasteiger charge is 2.11. The lowest BCUT2D eigenvalue weighted by Crippen LogP contribution is -2.31. The Bertz CT molecular complexity index is 384. The van der Waals surface area contributed by atoms with E-state index >= 15 is 0 Å². The summed E-state index contributed by atoms with van der Waals surface area (Å²) < 4.78 is 0. The van der Waals surface area contributed by atoms with Crippen molar-refractivity contribution in [1.82, 2.24) is 5.32 Å². The van der Waals surface area contributed by atoms with Crippen molar-refractivity contribution in [3.63, 3.8) is 0 Å². The van der Waals surface area contributed by atoms with Gasteiger partial charge in [-0.05, 0) is 63.6 Å². The fourth-order valence-electron chi connectivity index (χ4n) is 2.56. The lowest BCUT2D eigenvalue weighted by Gasteiger charge is -2.21. The molecule has 1 atom stereocenters. The minimum absolute atomic E-state index is 0.371. The third-order valence-electron chi connectivity index (χ3n) is 3.67. The highest BCUT2D eigenvalue weighted by Crippen LogP contribution is 2.23. The number of hydrogen-bond acceptors (Lipinski definition) is 1. The first kappa shape index (κ1) is 16.0. The van der Waals surface area contributed by atoms with Gasteiger partial charge in [0.1, 0.15) is 0 Å². The Labute approximate surface area is 119 Å². The SMILES string of the molecule is C=C(C)C[C@@H](NCCC1=CCCC=C1CC)C(=C)C. The molecule has 1 nitrogen and oxygen atoms in total. The summed E-state index contributed by atoms with van der Waals surface area (Å²) in [5.41, 5.74) is 5.50. The molecule has 0 aromatic carbocycles. The van der Waals surface area contributed by atoms with Crippen LogP contribution in [0.4, 0.5) is 0 Å². The topological polar surface area (TPSA) is 12.0 Å². The standard InChI is InChI=1S/C18H29N/c1-6-16-9-7-8-10-17(16)11-12-19-18(15(4)5)13-14(2)3/h9-10,18-19H,2,4,6-8,11-13H2,1,3,5H3/t18-/m1/s1. The molecule has 0 amide bonds. The van der Waals surface area contributed by atoms with Crippen molar-refractivity contribution in [2.24, 2.45) is 0 Å². The van der Waals surface area contributed by atoms with Gasteiger partial charge in [0.05, 0.1) is 0 Å². The van der Waals surface area contributed by atoms with E-state index < -0.39 is 0 Å². The molecular weight excluding hydrogens is 230 g/mol. The number of allylic oxidation sites excluding steroid dienone is 3. The average Bonchev–Trinajstić information content (AvgIpc) is 2.37. The van der Waals surface area contributed by atoms with Crippen LogP contribution in [0.3, 0.4) is 0 Å². The zero-order valence-corrected chi connectivity index (χ0v) is 12.9. The molecule has 0 aromatic heterocycles. The van der Waals surface area contributed by atoms with Crippen LogP contribution in [0.1, 0.15) is 52.9 Å². The molecule has 0 saturated heterocycles. The van der Waals surface area contributed by atoms with Crippen molar-refractivity contribution in [3.8, 4) is 0 Å². The largest absolute Gasteiger partial charge is 0.310 e. The Balaban J connectivity index is 2.43. The minimum atomic E-state index is 0.371. The van der Waals surface area contributed by atoms with E-state index in [1.165, 1.54) is 29.6 Å². The molecule has 0 bridgehead atoms. The zero-order chi connectivity index (χ0) is 14.3. The Morgan fingerprint density at radius 3 is 2.37 bits per heavy atom. The van der Waals surface area contributed by atoms with Crippen LogP contribution in [0.15, 0.2) is 47.6 Å². The van der Waals surface area contributed by atoms with Gasteiger partial charge in [0.2, 0.25) is 0 Å². The van der Waals surface area contributed by atoms with Gasteiger partial charge in [0.15, 0.2) is 0 Å². The first-order valence-electron chi connectivity index (χ1n) is 7.46. The third-order valence-corrected chi connectivity index (χ3v) is 3.67. The van der Waals surface area contributed by atoms with E-state index in [1.807, 2.05) is 0 Å². The summed E-state index contributed by atoms with van der Waals surface area (Å²) in [6.07, 6.45) is 10.5. The molecule has 0 saturated carbocycles. The number of rotatable bonds is 8. The van der Waals surface area contributed by atoms with Crippen LogP contribution >= 0.6 is 0 Å². The summed E-state index contributed by atoms with van der Waals surface area (Å²) in [6, 6.07) is 0.371. The highest BCUT2D eigenvalue weighted by molar-refractivity contribution is 5.33. The summed E-state index contributed by atoms with van der Waals surface area (Å²) in [7, 11) is 0. The molecular formula is C18H29N. The fraction of sp³-hybridized carbons (Fsp3) is 0.556. The second-order valence-corrected chi connectivity index (χ2v) is 5.65. The first-order chi connectivity index (χ1) is 9.04. The monoisotopic (exact) mass is 259 g/mol. The van der Waals surface area contributed by atoms with E-state index in [2.05, 4.69) is 51.4 Å². The van der Waals surface area contributed by atoms with Gasteiger partial charge < -0.3 is 5.32 Å². The van der Waals surface area contributed by atoms with E-state index in [-0.39, 0.29) is 0 Å². The summed E-state index contributed by atoms with van der Waals surface area (Å²) in [6.45, 7) is 15.5. The van der Waals surface area contributed by atoms with E-state index in [4.69, 9.17) is 0 Å². The second kappa shape index (κ2) is 8.16. The van der Waals surface area contributed by atoms with Crippen LogP contribution in [0.25, 0.3) is 0 Å². The quantitative estimate of drug-likeness (QED) is 0.609. The van der Waals surface area contributed by atoms with Crippen LogP contribution in [0, 0.1) is 0 Å². The molecule has 0 radical (unpaired) electrons. The van der Waals surface area contributed by atoms with Crippen molar-refractivity contribution < 1.29 is 0 Å². The maximum absolute atomic E-state index is 4.08. The summed E-state index contributed by atoms with van der Waals surface area (Å²) >= 11 is 0. The third kappa shape index (κ3) is 5.61. The van der Waals surface area contributed by atoms with Gasteiger partial charge in [-0.3, -0.25) is 0 Å². The van der Waals surface area contributed by atoms with Gasteiger partial charge in [-0.1, -0.05) is 36.8 Å². The van der Waals surface area contributed by atoms with Crippen LogP contribution in [-0.4, -0.2) is 12.6 Å². The van der Waals surface area contributed by atoms with Gasteiger partial charge >= 0.3 is 0 Å². The maximum Gasteiger partial charge on any atom is 0.0311 e. The second-order valence-electron chi connectivity index (χ2n) is 5.65. The van der Waals surface area contributed by atoms with E-state index in [0.717, 1.165) is 25.8 Å². The predicted molar refractivity (Wildman–Crippen MR) is 86.3 cm³/mol. The molecule has 1 rings (SSSR count). The Hall–Kier alpha value is -1.08. The van der Waals surface area contributed by atoms with Gasteiger partial charge in [0.25, 0.3) is 0 Å². The van der Waals surface area contributed by atoms with Crippen LogP contribution in [0.5, 0.6) is 0 Å². The fourth-order valence-corrected chi connectivity index (χ4v) is 2.56. The average molecular weight is 259 g/mol. The van der Waals surface area contributed by atoms with Gasteiger partial charge in [-0.2, -0.15) is 0 Å². The summed E-state index contributed by atoms with van der Waals surface area (Å²) in [5.74, 6) is 0. The number of nitrogens with one attached hydrogen (secondary N) is 1. The molecule has 19 heavy (non-hydrogen) atoms. The molecule has 106 valence electrons. The minimum Gasteiger partial charge on any atom is -0.310 e. The normalized spacial score (nSPS) is 16.6.